The monoisotopic (exact) mass is 268 g/mol. The summed E-state index contributed by atoms with van der Waals surface area (Å²) in [6.45, 7) is 0. The topological polar surface area (TPSA) is 64.4 Å². The molecule has 104 valence electrons. The molecule has 1 saturated carbocycles. The van der Waals surface area contributed by atoms with E-state index in [0.717, 1.165) is 31.7 Å². The summed E-state index contributed by atoms with van der Waals surface area (Å²) >= 11 is 0. The van der Waals surface area contributed by atoms with Crippen molar-refractivity contribution in [2.24, 2.45) is 0 Å². The van der Waals surface area contributed by atoms with Crippen LogP contribution >= 0.6 is 0 Å². The first-order valence-corrected chi connectivity index (χ1v) is 6.33. The molecular formula is C13H17FN2O3. The minimum absolute atomic E-state index is 0.176. The SMILES string of the molecule is COC1CCC(Nc2ccc(F)cc2[N+](=O)[O-])CC1. The fourth-order valence-corrected chi connectivity index (χ4v) is 2.44. The largest absolute Gasteiger partial charge is 0.381 e. The van der Waals surface area contributed by atoms with Crippen LogP contribution in [0.3, 0.4) is 0 Å². The van der Waals surface area contributed by atoms with Gasteiger partial charge in [0.1, 0.15) is 11.5 Å². The highest BCUT2D eigenvalue weighted by Crippen LogP contribution is 2.29. The molecule has 0 heterocycles. The van der Waals surface area contributed by atoms with E-state index in [1.54, 1.807) is 7.11 Å². The second-order valence-electron chi connectivity index (χ2n) is 4.77. The van der Waals surface area contributed by atoms with Crippen molar-refractivity contribution in [3.63, 3.8) is 0 Å². The number of hydrogen-bond acceptors (Lipinski definition) is 4. The van der Waals surface area contributed by atoms with Crippen molar-refractivity contribution < 1.29 is 14.1 Å². The summed E-state index contributed by atoms with van der Waals surface area (Å²) in [5.41, 5.74) is 0.168. The zero-order valence-electron chi connectivity index (χ0n) is 10.8. The Kier molecular flexibility index (Phi) is 4.31. The third kappa shape index (κ3) is 3.41. The summed E-state index contributed by atoms with van der Waals surface area (Å²) in [5, 5.41) is 14.0. The fourth-order valence-electron chi connectivity index (χ4n) is 2.44. The molecule has 6 heteroatoms. The number of ether oxygens (including phenoxy) is 1. The first-order chi connectivity index (χ1) is 9.10. The van der Waals surface area contributed by atoms with E-state index in [9.17, 15) is 14.5 Å². The summed E-state index contributed by atoms with van der Waals surface area (Å²) in [6.07, 6.45) is 3.94. The standard InChI is InChI=1S/C13H17FN2O3/c1-19-11-5-3-10(4-6-11)15-12-7-2-9(14)8-13(12)16(17)18/h2,7-8,10-11,15H,3-6H2,1H3. The lowest BCUT2D eigenvalue weighted by molar-refractivity contribution is -0.384. The predicted octanol–water partition coefficient (Wildman–Crippen LogP) is 3.10. The maximum absolute atomic E-state index is 13.0. The van der Waals surface area contributed by atoms with E-state index in [0.29, 0.717) is 5.69 Å². The van der Waals surface area contributed by atoms with Gasteiger partial charge in [-0.15, -0.1) is 0 Å². The number of nitro benzene ring substituents is 1. The average molecular weight is 268 g/mol. The van der Waals surface area contributed by atoms with Crippen LogP contribution in [0.25, 0.3) is 0 Å². The molecular weight excluding hydrogens is 251 g/mol. The maximum Gasteiger partial charge on any atom is 0.295 e. The van der Waals surface area contributed by atoms with Crippen molar-refractivity contribution in [1.29, 1.82) is 0 Å². The number of nitrogens with zero attached hydrogens (tertiary/aromatic N) is 1. The van der Waals surface area contributed by atoms with Crippen molar-refractivity contribution in [2.45, 2.75) is 37.8 Å². The molecule has 0 atom stereocenters. The van der Waals surface area contributed by atoms with Gasteiger partial charge in [-0.3, -0.25) is 10.1 Å². The number of nitro groups is 1. The van der Waals surface area contributed by atoms with Crippen molar-refractivity contribution in [2.75, 3.05) is 12.4 Å². The highest BCUT2D eigenvalue weighted by Gasteiger charge is 2.23. The Hall–Kier alpha value is -1.69. The van der Waals surface area contributed by atoms with Crippen LogP contribution in [0.4, 0.5) is 15.8 Å². The summed E-state index contributed by atoms with van der Waals surface area (Å²) in [7, 11) is 1.70. The lowest BCUT2D eigenvalue weighted by atomic mass is 9.93. The van der Waals surface area contributed by atoms with Gasteiger partial charge in [0, 0.05) is 13.2 Å². The Morgan fingerprint density at radius 2 is 2.05 bits per heavy atom. The minimum Gasteiger partial charge on any atom is -0.381 e. The average Bonchev–Trinajstić information content (AvgIpc) is 2.41. The molecule has 5 nitrogen and oxygen atoms in total. The van der Waals surface area contributed by atoms with Crippen LogP contribution in [-0.4, -0.2) is 24.2 Å². The molecule has 2 rings (SSSR count). The van der Waals surface area contributed by atoms with Crippen LogP contribution in [0.1, 0.15) is 25.7 Å². The van der Waals surface area contributed by atoms with Crippen LogP contribution in [-0.2, 0) is 4.74 Å². The molecule has 0 bridgehead atoms. The van der Waals surface area contributed by atoms with E-state index < -0.39 is 10.7 Å². The highest BCUT2D eigenvalue weighted by molar-refractivity contribution is 5.61. The highest BCUT2D eigenvalue weighted by atomic mass is 19.1. The summed E-state index contributed by atoms with van der Waals surface area (Å²) in [4.78, 5) is 10.3. The Bertz CT molecular complexity index is 459. The van der Waals surface area contributed by atoms with Crippen molar-refractivity contribution >= 4 is 11.4 Å². The van der Waals surface area contributed by atoms with Gasteiger partial charge in [-0.25, -0.2) is 4.39 Å². The molecule has 1 N–H and O–H groups in total. The zero-order valence-corrected chi connectivity index (χ0v) is 10.8. The van der Waals surface area contributed by atoms with Crippen LogP contribution in [0, 0.1) is 15.9 Å². The van der Waals surface area contributed by atoms with E-state index in [4.69, 9.17) is 4.74 Å². The molecule has 0 radical (unpaired) electrons. The smallest absolute Gasteiger partial charge is 0.295 e. The number of anilines is 1. The Morgan fingerprint density at radius 1 is 1.37 bits per heavy atom. The van der Waals surface area contributed by atoms with Gasteiger partial charge in [-0.1, -0.05) is 0 Å². The van der Waals surface area contributed by atoms with Gasteiger partial charge in [0.2, 0.25) is 0 Å². The normalized spacial score (nSPS) is 23.1. The van der Waals surface area contributed by atoms with Crippen LogP contribution in [0.2, 0.25) is 0 Å². The number of methoxy groups -OCH3 is 1. The van der Waals surface area contributed by atoms with Crippen molar-refractivity contribution in [3.8, 4) is 0 Å². The molecule has 1 aliphatic rings. The van der Waals surface area contributed by atoms with Gasteiger partial charge in [0.05, 0.1) is 17.1 Å². The number of hydrogen-bond donors (Lipinski definition) is 1. The lowest BCUT2D eigenvalue weighted by Gasteiger charge is -2.28. The van der Waals surface area contributed by atoms with E-state index in [1.807, 2.05) is 0 Å². The maximum atomic E-state index is 13.0. The summed E-state index contributed by atoms with van der Waals surface area (Å²) in [6, 6.07) is 3.78. The Balaban J connectivity index is 2.05. The van der Waals surface area contributed by atoms with Crippen molar-refractivity contribution in [3.05, 3.63) is 34.1 Å². The van der Waals surface area contributed by atoms with Gasteiger partial charge >= 0.3 is 0 Å². The first-order valence-electron chi connectivity index (χ1n) is 6.33. The van der Waals surface area contributed by atoms with Gasteiger partial charge in [-0.05, 0) is 37.8 Å². The number of benzene rings is 1. The van der Waals surface area contributed by atoms with Gasteiger partial charge in [0.25, 0.3) is 5.69 Å². The summed E-state index contributed by atoms with van der Waals surface area (Å²) in [5.74, 6) is -0.597. The van der Waals surface area contributed by atoms with E-state index in [2.05, 4.69) is 5.32 Å². The molecule has 19 heavy (non-hydrogen) atoms. The number of halogens is 1. The molecule has 1 fully saturated rings. The van der Waals surface area contributed by atoms with Gasteiger partial charge in [0.15, 0.2) is 0 Å². The Morgan fingerprint density at radius 3 is 2.63 bits per heavy atom. The molecule has 0 aromatic heterocycles. The van der Waals surface area contributed by atoms with E-state index >= 15 is 0 Å². The van der Waals surface area contributed by atoms with Crippen molar-refractivity contribution in [1.82, 2.24) is 0 Å². The third-order valence-electron chi connectivity index (χ3n) is 3.52. The molecule has 0 unspecified atom stereocenters. The second-order valence-corrected chi connectivity index (χ2v) is 4.77. The second kappa shape index (κ2) is 5.97. The number of rotatable bonds is 4. The lowest BCUT2D eigenvalue weighted by Crippen LogP contribution is -2.29. The number of nitrogens with one attached hydrogen (secondary N) is 1. The predicted molar refractivity (Wildman–Crippen MR) is 69.7 cm³/mol. The van der Waals surface area contributed by atoms with Gasteiger partial charge < -0.3 is 10.1 Å². The molecule has 1 aromatic carbocycles. The first kappa shape index (κ1) is 13.7. The van der Waals surface area contributed by atoms with E-state index in [-0.39, 0.29) is 17.8 Å². The van der Waals surface area contributed by atoms with Crippen LogP contribution < -0.4 is 5.32 Å². The molecule has 0 amide bonds. The fraction of sp³-hybridized carbons (Fsp3) is 0.538. The summed E-state index contributed by atoms with van der Waals surface area (Å²) < 4.78 is 18.3. The zero-order chi connectivity index (χ0) is 13.8. The Labute approximate surface area is 110 Å². The molecule has 1 aliphatic carbocycles. The van der Waals surface area contributed by atoms with Gasteiger partial charge in [-0.2, -0.15) is 0 Å². The third-order valence-corrected chi connectivity index (χ3v) is 3.52. The van der Waals surface area contributed by atoms with Crippen LogP contribution in [0.15, 0.2) is 18.2 Å². The van der Waals surface area contributed by atoms with E-state index in [1.165, 1.54) is 12.1 Å². The molecule has 0 spiro atoms. The molecule has 0 aliphatic heterocycles. The minimum atomic E-state index is -0.597. The molecule has 1 aromatic rings. The molecule has 0 saturated heterocycles. The quantitative estimate of drug-likeness (QED) is 0.673. The van der Waals surface area contributed by atoms with Crippen LogP contribution in [0.5, 0.6) is 0 Å².